The average molecular weight is 414 g/mol. The van der Waals surface area contributed by atoms with Gasteiger partial charge in [-0.3, -0.25) is 14.9 Å². The van der Waals surface area contributed by atoms with Gasteiger partial charge in [-0.25, -0.2) is 18.7 Å². The molecular weight excluding hydrogens is 398 g/mol. The van der Waals surface area contributed by atoms with Crippen LogP contribution in [0.1, 0.15) is 37.7 Å². The fraction of sp³-hybridized carbons (Fsp3) is 0.200. The average Bonchev–Trinajstić information content (AvgIpc) is 3.22. The minimum Gasteiger partial charge on any atom is -0.349 e. The maximum atomic E-state index is 13.3. The number of thiophene rings is 1. The number of carbonyl (C=O) groups is 2. The van der Waals surface area contributed by atoms with Gasteiger partial charge in [0.15, 0.2) is 0 Å². The number of fused-ring (bicyclic) bond motifs is 1. The summed E-state index contributed by atoms with van der Waals surface area (Å²) in [6, 6.07) is 6.04. The Morgan fingerprint density at radius 1 is 1.14 bits per heavy atom. The van der Waals surface area contributed by atoms with Gasteiger partial charge in [-0.15, -0.1) is 11.3 Å². The van der Waals surface area contributed by atoms with Crippen LogP contribution < -0.4 is 10.6 Å². The highest BCUT2D eigenvalue weighted by atomic mass is 32.1. The predicted molar refractivity (Wildman–Crippen MR) is 104 cm³/mol. The third kappa shape index (κ3) is 4.45. The van der Waals surface area contributed by atoms with Crippen LogP contribution in [0, 0.1) is 11.6 Å². The molecule has 2 aromatic heterocycles. The minimum absolute atomic E-state index is 0.0591. The van der Waals surface area contributed by atoms with Crippen molar-refractivity contribution < 1.29 is 18.4 Å². The zero-order valence-corrected chi connectivity index (χ0v) is 15.9. The first-order chi connectivity index (χ1) is 14.0. The maximum absolute atomic E-state index is 13.3. The quantitative estimate of drug-likeness (QED) is 0.686. The van der Waals surface area contributed by atoms with E-state index in [1.165, 1.54) is 11.3 Å². The van der Waals surface area contributed by atoms with E-state index in [1.54, 1.807) is 18.3 Å². The number of aryl methyl sites for hydroxylation is 1. The summed E-state index contributed by atoms with van der Waals surface area (Å²) in [7, 11) is 0. The standard InChI is InChI=1S/C20H16F2N4O2S/c21-13-6-11(7-14(22)9-13)18(27)24-15-3-4-16-12(8-15)10-23-20(25-16)26-19(28)17-2-1-5-29-17/h1-2,5-7,9-10,15H,3-4,8H2,(H,24,27)(H,23,25,26,28). The second-order valence-corrected chi connectivity index (χ2v) is 7.62. The Bertz CT molecular complexity index is 1050. The first-order valence-corrected chi connectivity index (χ1v) is 9.82. The molecule has 2 amide bonds. The molecule has 29 heavy (non-hydrogen) atoms. The number of hydrogen-bond donors (Lipinski definition) is 2. The molecule has 2 heterocycles. The summed E-state index contributed by atoms with van der Waals surface area (Å²) in [5, 5.41) is 7.29. The molecule has 1 atom stereocenters. The van der Waals surface area contributed by atoms with E-state index in [2.05, 4.69) is 20.6 Å². The van der Waals surface area contributed by atoms with Crippen molar-refractivity contribution in [3.05, 3.63) is 75.2 Å². The van der Waals surface area contributed by atoms with E-state index in [0.29, 0.717) is 24.1 Å². The van der Waals surface area contributed by atoms with E-state index in [4.69, 9.17) is 0 Å². The smallest absolute Gasteiger partial charge is 0.268 e. The largest absolute Gasteiger partial charge is 0.349 e. The first kappa shape index (κ1) is 19.1. The van der Waals surface area contributed by atoms with Gasteiger partial charge < -0.3 is 5.32 Å². The molecule has 3 aromatic rings. The van der Waals surface area contributed by atoms with Crippen LogP contribution in [-0.2, 0) is 12.8 Å². The number of hydrogen-bond acceptors (Lipinski definition) is 5. The van der Waals surface area contributed by atoms with Gasteiger partial charge >= 0.3 is 0 Å². The lowest BCUT2D eigenvalue weighted by Gasteiger charge is -2.25. The van der Waals surface area contributed by atoms with Gasteiger partial charge in [0.25, 0.3) is 11.8 Å². The molecule has 0 spiro atoms. The molecule has 6 nitrogen and oxygen atoms in total. The van der Waals surface area contributed by atoms with Crippen LogP contribution in [0.3, 0.4) is 0 Å². The Kier molecular flexibility index (Phi) is 5.30. The molecule has 4 rings (SSSR count). The Morgan fingerprint density at radius 2 is 1.93 bits per heavy atom. The van der Waals surface area contributed by atoms with E-state index in [0.717, 1.165) is 29.5 Å². The Morgan fingerprint density at radius 3 is 2.66 bits per heavy atom. The first-order valence-electron chi connectivity index (χ1n) is 8.94. The van der Waals surface area contributed by atoms with Crippen molar-refractivity contribution >= 4 is 29.1 Å². The molecule has 0 aliphatic heterocycles. The Hall–Kier alpha value is -3.20. The van der Waals surface area contributed by atoms with Crippen molar-refractivity contribution in [2.45, 2.75) is 25.3 Å². The van der Waals surface area contributed by atoms with Crippen LogP contribution >= 0.6 is 11.3 Å². The highest BCUT2D eigenvalue weighted by Crippen LogP contribution is 2.21. The lowest BCUT2D eigenvalue weighted by molar-refractivity contribution is 0.0931. The van der Waals surface area contributed by atoms with E-state index < -0.39 is 17.5 Å². The second-order valence-electron chi connectivity index (χ2n) is 6.67. The van der Waals surface area contributed by atoms with Gasteiger partial charge in [0.05, 0.1) is 4.88 Å². The van der Waals surface area contributed by atoms with Gasteiger partial charge in [0.2, 0.25) is 5.95 Å². The van der Waals surface area contributed by atoms with Crippen molar-refractivity contribution in [1.29, 1.82) is 0 Å². The van der Waals surface area contributed by atoms with Crippen LogP contribution in [0.5, 0.6) is 0 Å². The van der Waals surface area contributed by atoms with Crippen molar-refractivity contribution in [2.75, 3.05) is 5.32 Å². The summed E-state index contributed by atoms with van der Waals surface area (Å²) in [6.45, 7) is 0. The predicted octanol–water partition coefficient (Wildman–Crippen LogP) is 3.36. The fourth-order valence-corrected chi connectivity index (χ4v) is 3.83. The van der Waals surface area contributed by atoms with Crippen molar-refractivity contribution in [1.82, 2.24) is 15.3 Å². The molecule has 0 fully saturated rings. The lowest BCUT2D eigenvalue weighted by Crippen LogP contribution is -2.39. The van der Waals surface area contributed by atoms with Crippen molar-refractivity contribution in [3.63, 3.8) is 0 Å². The number of carbonyl (C=O) groups excluding carboxylic acids is 2. The van der Waals surface area contributed by atoms with Gasteiger partial charge in [0.1, 0.15) is 11.6 Å². The zero-order valence-electron chi connectivity index (χ0n) is 15.1. The normalized spacial score (nSPS) is 15.4. The molecule has 148 valence electrons. The van der Waals surface area contributed by atoms with Crippen LogP contribution in [0.15, 0.2) is 41.9 Å². The van der Waals surface area contributed by atoms with E-state index in [-0.39, 0.29) is 23.5 Å². The SMILES string of the molecule is O=C(NC1CCc2nc(NC(=O)c3cccs3)ncc2C1)c1cc(F)cc(F)c1. The molecule has 0 saturated carbocycles. The van der Waals surface area contributed by atoms with E-state index >= 15 is 0 Å². The van der Waals surface area contributed by atoms with Gasteiger partial charge in [-0.05, 0) is 48.4 Å². The number of benzene rings is 1. The van der Waals surface area contributed by atoms with Crippen LogP contribution in [0.2, 0.25) is 0 Å². The van der Waals surface area contributed by atoms with Gasteiger partial charge in [-0.1, -0.05) is 6.07 Å². The lowest BCUT2D eigenvalue weighted by atomic mass is 9.92. The molecule has 1 unspecified atom stereocenters. The summed E-state index contributed by atoms with van der Waals surface area (Å²) in [5.74, 6) is -2.15. The highest BCUT2D eigenvalue weighted by Gasteiger charge is 2.23. The number of halogens is 2. The summed E-state index contributed by atoms with van der Waals surface area (Å²) in [4.78, 5) is 33.6. The molecular formula is C20H16F2N4O2S. The second kappa shape index (κ2) is 8.04. The number of anilines is 1. The summed E-state index contributed by atoms with van der Waals surface area (Å²) >= 11 is 1.33. The monoisotopic (exact) mass is 414 g/mol. The molecule has 9 heteroatoms. The number of aromatic nitrogens is 2. The summed E-state index contributed by atoms with van der Waals surface area (Å²) in [6.07, 6.45) is 3.33. The third-order valence-electron chi connectivity index (χ3n) is 4.58. The number of rotatable bonds is 4. The maximum Gasteiger partial charge on any atom is 0.268 e. The van der Waals surface area contributed by atoms with Gasteiger partial charge in [0, 0.05) is 29.6 Å². The molecule has 1 aromatic carbocycles. The minimum atomic E-state index is -0.797. The summed E-state index contributed by atoms with van der Waals surface area (Å²) < 4.78 is 26.6. The topological polar surface area (TPSA) is 84.0 Å². The molecule has 1 aliphatic carbocycles. The van der Waals surface area contributed by atoms with E-state index in [9.17, 15) is 18.4 Å². The summed E-state index contributed by atoms with van der Waals surface area (Å²) in [5.41, 5.74) is 1.61. The zero-order chi connectivity index (χ0) is 20.4. The van der Waals surface area contributed by atoms with Crippen molar-refractivity contribution in [3.8, 4) is 0 Å². The Labute approximate surface area is 169 Å². The molecule has 0 bridgehead atoms. The molecule has 2 N–H and O–H groups in total. The van der Waals surface area contributed by atoms with Crippen LogP contribution in [-0.4, -0.2) is 27.8 Å². The molecule has 0 radical (unpaired) electrons. The molecule has 0 saturated heterocycles. The van der Waals surface area contributed by atoms with Crippen LogP contribution in [0.4, 0.5) is 14.7 Å². The number of amides is 2. The highest BCUT2D eigenvalue weighted by molar-refractivity contribution is 7.12. The van der Waals surface area contributed by atoms with E-state index in [1.807, 2.05) is 5.38 Å². The van der Waals surface area contributed by atoms with Crippen LogP contribution in [0.25, 0.3) is 0 Å². The molecule has 1 aliphatic rings. The third-order valence-corrected chi connectivity index (χ3v) is 5.45. The van der Waals surface area contributed by atoms with Gasteiger partial charge in [-0.2, -0.15) is 0 Å². The Balaban J connectivity index is 1.41. The fourth-order valence-electron chi connectivity index (χ4n) is 3.22. The van der Waals surface area contributed by atoms with Crippen molar-refractivity contribution in [2.24, 2.45) is 0 Å². The number of nitrogens with zero attached hydrogens (tertiary/aromatic N) is 2. The number of nitrogens with one attached hydrogen (secondary N) is 2.